The molecule has 0 radical (unpaired) electrons. The normalized spacial score (nSPS) is 11.5. The number of sulfonamides is 1. The third kappa shape index (κ3) is 2.68. The molecule has 1 aromatic heterocycles. The summed E-state index contributed by atoms with van der Waals surface area (Å²) in [6.45, 7) is 0. The van der Waals surface area contributed by atoms with Crippen molar-refractivity contribution in [2.45, 2.75) is 10.8 Å². The van der Waals surface area contributed by atoms with Crippen LogP contribution in [0.5, 0.6) is 0 Å². The molecule has 0 unspecified atom stereocenters. The molecule has 13 heavy (non-hydrogen) atoms. The molecule has 1 rings (SSSR count). The van der Waals surface area contributed by atoms with Gasteiger partial charge in [-0.15, -0.1) is 0 Å². The number of rotatable bonds is 3. The Labute approximate surface area is 81.6 Å². The number of nitrogens with zero attached hydrogens (tertiary/aromatic N) is 1. The van der Waals surface area contributed by atoms with Crippen molar-refractivity contribution in [3.8, 4) is 0 Å². The topological polar surface area (TPSA) is 73.0 Å². The van der Waals surface area contributed by atoms with E-state index in [1.807, 2.05) is 6.26 Å². The van der Waals surface area contributed by atoms with E-state index in [0.29, 0.717) is 11.3 Å². The van der Waals surface area contributed by atoms with Gasteiger partial charge in [-0.2, -0.15) is 11.8 Å². The average Bonchev–Trinajstić information content (AvgIpc) is 2.04. The molecule has 4 nitrogen and oxygen atoms in total. The molecule has 0 saturated carbocycles. The summed E-state index contributed by atoms with van der Waals surface area (Å²) in [5.74, 6) is 0.597. The monoisotopic (exact) mass is 218 g/mol. The van der Waals surface area contributed by atoms with E-state index in [0.717, 1.165) is 0 Å². The molecule has 0 aliphatic carbocycles. The summed E-state index contributed by atoms with van der Waals surface area (Å²) in [6.07, 6.45) is 3.31. The van der Waals surface area contributed by atoms with Crippen molar-refractivity contribution in [2.24, 2.45) is 5.14 Å². The predicted octanol–water partition coefficient (Wildman–Crippen LogP) is 0.592. The van der Waals surface area contributed by atoms with Crippen LogP contribution in [0, 0.1) is 0 Å². The summed E-state index contributed by atoms with van der Waals surface area (Å²) in [4.78, 5) is 3.74. The van der Waals surface area contributed by atoms with Gasteiger partial charge in [-0.25, -0.2) is 18.5 Å². The van der Waals surface area contributed by atoms with E-state index in [4.69, 9.17) is 5.14 Å². The summed E-state index contributed by atoms with van der Waals surface area (Å²) >= 11 is 1.52. The molecular weight excluding hydrogens is 208 g/mol. The highest BCUT2D eigenvalue weighted by atomic mass is 32.2. The molecule has 6 heteroatoms. The number of aromatic nitrogens is 1. The second-order valence-electron chi connectivity index (χ2n) is 2.45. The highest BCUT2D eigenvalue weighted by molar-refractivity contribution is 7.97. The van der Waals surface area contributed by atoms with Crippen molar-refractivity contribution in [3.63, 3.8) is 0 Å². The first-order valence-corrected chi connectivity index (χ1v) is 6.45. The molecular formula is C7H10N2O2S2. The van der Waals surface area contributed by atoms with Gasteiger partial charge in [-0.05, 0) is 12.3 Å². The van der Waals surface area contributed by atoms with Crippen LogP contribution in [-0.4, -0.2) is 19.7 Å². The summed E-state index contributed by atoms with van der Waals surface area (Å²) in [6, 6.07) is 3.41. The number of primary sulfonamides is 1. The maximum absolute atomic E-state index is 11.0. The highest BCUT2D eigenvalue weighted by Crippen LogP contribution is 2.15. The van der Waals surface area contributed by atoms with Crippen LogP contribution in [0.1, 0.15) is 5.56 Å². The van der Waals surface area contributed by atoms with Gasteiger partial charge in [-0.1, -0.05) is 6.07 Å². The summed E-state index contributed by atoms with van der Waals surface area (Å²) in [5.41, 5.74) is 0.650. The van der Waals surface area contributed by atoms with Crippen LogP contribution in [0.3, 0.4) is 0 Å². The number of pyridine rings is 1. The molecule has 1 heterocycles. The fourth-order valence-electron chi connectivity index (χ4n) is 0.946. The number of thioether (sulfide) groups is 1. The lowest BCUT2D eigenvalue weighted by Gasteiger charge is -2.03. The first-order valence-electron chi connectivity index (χ1n) is 3.51. The van der Waals surface area contributed by atoms with E-state index < -0.39 is 10.0 Å². The molecule has 1 aromatic rings. The Morgan fingerprint density at radius 1 is 1.62 bits per heavy atom. The lowest BCUT2D eigenvalue weighted by Crippen LogP contribution is -2.16. The van der Waals surface area contributed by atoms with Crippen LogP contribution in [-0.2, 0) is 15.8 Å². The molecule has 0 saturated heterocycles. The van der Waals surface area contributed by atoms with Gasteiger partial charge >= 0.3 is 0 Å². The Kier molecular flexibility index (Phi) is 3.29. The molecule has 0 spiro atoms. The van der Waals surface area contributed by atoms with Gasteiger partial charge in [0, 0.05) is 17.5 Å². The molecule has 0 amide bonds. The molecule has 0 bridgehead atoms. The van der Waals surface area contributed by atoms with E-state index in [1.54, 1.807) is 12.1 Å². The zero-order valence-corrected chi connectivity index (χ0v) is 8.73. The van der Waals surface area contributed by atoms with Crippen LogP contribution in [0.2, 0.25) is 0 Å². The Morgan fingerprint density at radius 3 is 2.85 bits per heavy atom. The summed E-state index contributed by atoms with van der Waals surface area (Å²) < 4.78 is 22.1. The molecule has 0 aromatic carbocycles. The van der Waals surface area contributed by atoms with Gasteiger partial charge < -0.3 is 0 Å². The Morgan fingerprint density at radius 2 is 2.31 bits per heavy atom. The van der Waals surface area contributed by atoms with Gasteiger partial charge in [0.15, 0.2) is 5.03 Å². The van der Waals surface area contributed by atoms with Crippen LogP contribution in [0.4, 0.5) is 0 Å². The molecule has 72 valence electrons. The summed E-state index contributed by atoms with van der Waals surface area (Å²) in [7, 11) is -3.68. The van der Waals surface area contributed by atoms with Gasteiger partial charge in [0.25, 0.3) is 10.0 Å². The van der Waals surface area contributed by atoms with Crippen LogP contribution in [0.25, 0.3) is 0 Å². The van der Waals surface area contributed by atoms with E-state index in [9.17, 15) is 8.42 Å². The minimum atomic E-state index is -3.68. The first-order chi connectivity index (χ1) is 6.05. The third-order valence-electron chi connectivity index (χ3n) is 1.42. The average molecular weight is 218 g/mol. The van der Waals surface area contributed by atoms with Crippen molar-refractivity contribution in [1.29, 1.82) is 0 Å². The van der Waals surface area contributed by atoms with Gasteiger partial charge in [0.1, 0.15) is 0 Å². The smallest absolute Gasteiger partial charge is 0.243 e. The Bertz CT molecular complexity index is 389. The lowest BCUT2D eigenvalue weighted by molar-refractivity contribution is 0.593. The number of hydrogen-bond donors (Lipinski definition) is 1. The van der Waals surface area contributed by atoms with E-state index in [1.165, 1.54) is 18.0 Å². The largest absolute Gasteiger partial charge is 0.255 e. The second kappa shape index (κ2) is 4.08. The van der Waals surface area contributed by atoms with Crippen LogP contribution in [0.15, 0.2) is 23.4 Å². The fourth-order valence-corrected chi connectivity index (χ4v) is 2.29. The van der Waals surface area contributed by atoms with E-state index in [2.05, 4.69) is 4.98 Å². The zero-order chi connectivity index (χ0) is 9.90. The van der Waals surface area contributed by atoms with Gasteiger partial charge in [0.05, 0.1) is 0 Å². The minimum absolute atomic E-state index is 0.0237. The number of hydrogen-bond acceptors (Lipinski definition) is 4. The van der Waals surface area contributed by atoms with Crippen LogP contribution < -0.4 is 5.14 Å². The first kappa shape index (κ1) is 10.5. The molecule has 0 aliphatic rings. The second-order valence-corrected chi connectivity index (χ2v) is 4.79. The van der Waals surface area contributed by atoms with Crippen LogP contribution >= 0.6 is 11.8 Å². The zero-order valence-electron chi connectivity index (χ0n) is 7.10. The van der Waals surface area contributed by atoms with Gasteiger partial charge in [0.2, 0.25) is 0 Å². The summed E-state index contributed by atoms with van der Waals surface area (Å²) in [5, 5.41) is 4.96. The molecule has 2 N–H and O–H groups in total. The third-order valence-corrected chi connectivity index (χ3v) is 2.93. The van der Waals surface area contributed by atoms with E-state index in [-0.39, 0.29) is 5.03 Å². The molecule has 0 atom stereocenters. The predicted molar refractivity (Wildman–Crippen MR) is 52.8 cm³/mol. The van der Waals surface area contributed by atoms with Gasteiger partial charge in [-0.3, -0.25) is 0 Å². The maximum Gasteiger partial charge on any atom is 0.255 e. The SMILES string of the molecule is CSCc1cccnc1S(N)(=O)=O. The standard InChI is InChI=1S/C7H10N2O2S2/c1-12-5-6-3-2-4-9-7(6)13(8,10)11/h2-4H,5H2,1H3,(H2,8,10,11). The van der Waals surface area contributed by atoms with Crippen molar-refractivity contribution in [1.82, 2.24) is 4.98 Å². The lowest BCUT2D eigenvalue weighted by atomic mass is 10.3. The maximum atomic E-state index is 11.0. The highest BCUT2D eigenvalue weighted by Gasteiger charge is 2.13. The van der Waals surface area contributed by atoms with Crippen molar-refractivity contribution in [2.75, 3.05) is 6.26 Å². The van der Waals surface area contributed by atoms with Crippen molar-refractivity contribution < 1.29 is 8.42 Å². The number of nitrogens with two attached hydrogens (primary N) is 1. The molecule has 0 fully saturated rings. The Hall–Kier alpha value is -0.590. The minimum Gasteiger partial charge on any atom is -0.243 e. The fraction of sp³-hybridized carbons (Fsp3) is 0.286. The van der Waals surface area contributed by atoms with E-state index >= 15 is 0 Å². The molecule has 0 aliphatic heterocycles. The van der Waals surface area contributed by atoms with Crippen molar-refractivity contribution >= 4 is 21.8 Å². The van der Waals surface area contributed by atoms with Crippen molar-refractivity contribution in [3.05, 3.63) is 23.9 Å². The quantitative estimate of drug-likeness (QED) is 0.806. The Balaban J connectivity index is 3.20.